The van der Waals surface area contributed by atoms with Crippen molar-refractivity contribution in [3.8, 4) is 0 Å². The van der Waals surface area contributed by atoms with E-state index in [4.69, 9.17) is 0 Å². The van der Waals surface area contributed by atoms with E-state index in [9.17, 15) is 9.59 Å². The Labute approximate surface area is 114 Å². The van der Waals surface area contributed by atoms with Crippen molar-refractivity contribution in [3.05, 3.63) is 35.9 Å². The van der Waals surface area contributed by atoms with Crippen LogP contribution in [0.3, 0.4) is 0 Å². The van der Waals surface area contributed by atoms with Crippen LogP contribution >= 0.6 is 0 Å². The minimum Gasteiger partial charge on any atom is -0.343 e. The molecule has 3 nitrogen and oxygen atoms in total. The minimum atomic E-state index is -0.239. The molecule has 1 heterocycles. The van der Waals surface area contributed by atoms with Gasteiger partial charge >= 0.3 is 0 Å². The highest BCUT2D eigenvalue weighted by molar-refractivity contribution is 5.99. The first kappa shape index (κ1) is 13.8. The molecule has 1 aromatic carbocycles. The Kier molecular flexibility index (Phi) is 4.72. The zero-order chi connectivity index (χ0) is 13.7. The van der Waals surface area contributed by atoms with Crippen LogP contribution < -0.4 is 0 Å². The van der Waals surface area contributed by atoms with Crippen molar-refractivity contribution in [1.29, 1.82) is 0 Å². The average Bonchev–Trinajstić information content (AvgIpc) is 2.48. The normalized spacial score (nSPS) is 17.0. The van der Waals surface area contributed by atoms with E-state index in [1.807, 2.05) is 42.2 Å². The summed E-state index contributed by atoms with van der Waals surface area (Å²) in [6.07, 6.45) is 3.72. The smallest absolute Gasteiger partial charge is 0.223 e. The van der Waals surface area contributed by atoms with E-state index in [0.717, 1.165) is 25.9 Å². The van der Waals surface area contributed by atoms with Crippen molar-refractivity contribution >= 4 is 11.7 Å². The van der Waals surface area contributed by atoms with Gasteiger partial charge in [0.25, 0.3) is 0 Å². The predicted octanol–water partition coefficient (Wildman–Crippen LogP) is 2.91. The summed E-state index contributed by atoms with van der Waals surface area (Å²) < 4.78 is 0. The molecule has 1 aliphatic rings. The van der Waals surface area contributed by atoms with Crippen molar-refractivity contribution in [2.75, 3.05) is 13.1 Å². The van der Waals surface area contributed by atoms with Crippen molar-refractivity contribution in [3.63, 3.8) is 0 Å². The SMILES string of the molecule is CC(CC(=O)N1CCCCC1)C(=O)c1ccccc1. The summed E-state index contributed by atoms with van der Waals surface area (Å²) in [6.45, 7) is 3.55. The molecule has 0 saturated carbocycles. The van der Waals surface area contributed by atoms with Gasteiger partial charge in [0.05, 0.1) is 0 Å². The van der Waals surface area contributed by atoms with Gasteiger partial charge in [0, 0.05) is 31.0 Å². The third-order valence-corrected chi connectivity index (χ3v) is 3.70. The topological polar surface area (TPSA) is 37.4 Å². The molecule has 1 unspecified atom stereocenters. The van der Waals surface area contributed by atoms with Gasteiger partial charge in [-0.1, -0.05) is 37.3 Å². The lowest BCUT2D eigenvalue weighted by molar-refractivity contribution is -0.132. The number of piperidine rings is 1. The van der Waals surface area contributed by atoms with Gasteiger partial charge in [0.15, 0.2) is 5.78 Å². The number of rotatable bonds is 4. The van der Waals surface area contributed by atoms with Gasteiger partial charge < -0.3 is 4.90 Å². The fraction of sp³-hybridized carbons (Fsp3) is 0.500. The first-order valence-corrected chi connectivity index (χ1v) is 7.05. The van der Waals surface area contributed by atoms with Crippen LogP contribution in [-0.2, 0) is 4.79 Å². The average molecular weight is 259 g/mol. The van der Waals surface area contributed by atoms with E-state index in [1.165, 1.54) is 6.42 Å². The maximum Gasteiger partial charge on any atom is 0.223 e. The van der Waals surface area contributed by atoms with Crippen LogP contribution in [0.25, 0.3) is 0 Å². The number of carbonyl (C=O) groups is 2. The molecule has 1 aromatic rings. The Balaban J connectivity index is 1.91. The molecule has 1 amide bonds. The number of nitrogens with zero attached hydrogens (tertiary/aromatic N) is 1. The summed E-state index contributed by atoms with van der Waals surface area (Å²) in [4.78, 5) is 26.2. The molecule has 0 N–H and O–H groups in total. The van der Waals surface area contributed by atoms with E-state index in [2.05, 4.69) is 0 Å². The summed E-state index contributed by atoms with van der Waals surface area (Å²) in [5, 5.41) is 0. The van der Waals surface area contributed by atoms with Gasteiger partial charge in [-0.05, 0) is 19.3 Å². The summed E-state index contributed by atoms with van der Waals surface area (Å²) in [7, 11) is 0. The summed E-state index contributed by atoms with van der Waals surface area (Å²) in [5.41, 5.74) is 0.696. The van der Waals surface area contributed by atoms with E-state index in [1.54, 1.807) is 0 Å². The van der Waals surface area contributed by atoms with Crippen LogP contribution in [0.15, 0.2) is 30.3 Å². The molecule has 1 fully saturated rings. The number of Topliss-reactive ketones (excluding diaryl/α,β-unsaturated/α-hetero) is 1. The van der Waals surface area contributed by atoms with Crippen molar-refractivity contribution in [2.24, 2.45) is 5.92 Å². The van der Waals surface area contributed by atoms with Gasteiger partial charge in [0.2, 0.25) is 5.91 Å². The molecular formula is C16H21NO2. The lowest BCUT2D eigenvalue weighted by Crippen LogP contribution is -2.37. The minimum absolute atomic E-state index is 0.0611. The number of likely N-dealkylation sites (tertiary alicyclic amines) is 1. The molecule has 0 radical (unpaired) electrons. The molecule has 0 aromatic heterocycles. The van der Waals surface area contributed by atoms with Gasteiger partial charge in [-0.3, -0.25) is 9.59 Å². The maximum atomic E-state index is 12.2. The Hall–Kier alpha value is -1.64. The molecule has 19 heavy (non-hydrogen) atoms. The second-order valence-electron chi connectivity index (χ2n) is 5.28. The van der Waals surface area contributed by atoms with Crippen molar-refractivity contribution in [2.45, 2.75) is 32.6 Å². The first-order chi connectivity index (χ1) is 9.18. The molecule has 1 atom stereocenters. The van der Waals surface area contributed by atoms with Crippen LogP contribution in [0.1, 0.15) is 43.0 Å². The summed E-state index contributed by atoms with van der Waals surface area (Å²) in [6, 6.07) is 9.22. The summed E-state index contributed by atoms with van der Waals surface area (Å²) >= 11 is 0. The van der Waals surface area contributed by atoms with Crippen LogP contribution in [-0.4, -0.2) is 29.7 Å². The fourth-order valence-electron chi connectivity index (χ4n) is 2.51. The number of hydrogen-bond acceptors (Lipinski definition) is 2. The standard InChI is InChI=1S/C16H21NO2/c1-13(16(19)14-8-4-2-5-9-14)12-15(18)17-10-6-3-7-11-17/h2,4-5,8-9,13H,3,6-7,10-12H2,1H3. The Bertz CT molecular complexity index is 435. The maximum absolute atomic E-state index is 12.2. The number of benzene rings is 1. The second-order valence-corrected chi connectivity index (χ2v) is 5.28. The molecule has 1 aliphatic heterocycles. The van der Waals surface area contributed by atoms with Crippen molar-refractivity contribution in [1.82, 2.24) is 4.90 Å². The molecule has 3 heteroatoms. The molecule has 0 spiro atoms. The zero-order valence-corrected chi connectivity index (χ0v) is 11.5. The lowest BCUT2D eigenvalue weighted by atomic mass is 9.95. The third kappa shape index (κ3) is 3.66. The predicted molar refractivity (Wildman–Crippen MR) is 75.0 cm³/mol. The van der Waals surface area contributed by atoms with Crippen molar-refractivity contribution < 1.29 is 9.59 Å². The highest BCUT2D eigenvalue weighted by atomic mass is 16.2. The molecule has 1 saturated heterocycles. The highest BCUT2D eigenvalue weighted by Gasteiger charge is 2.22. The molecule has 0 aliphatic carbocycles. The van der Waals surface area contributed by atoms with Gasteiger partial charge in [-0.2, -0.15) is 0 Å². The number of carbonyl (C=O) groups excluding carboxylic acids is 2. The van der Waals surface area contributed by atoms with E-state index >= 15 is 0 Å². The monoisotopic (exact) mass is 259 g/mol. The molecular weight excluding hydrogens is 238 g/mol. The van der Waals surface area contributed by atoms with E-state index < -0.39 is 0 Å². The second kappa shape index (κ2) is 6.50. The molecule has 2 rings (SSSR count). The van der Waals surface area contributed by atoms with E-state index in [-0.39, 0.29) is 17.6 Å². The highest BCUT2D eigenvalue weighted by Crippen LogP contribution is 2.16. The lowest BCUT2D eigenvalue weighted by Gasteiger charge is -2.27. The third-order valence-electron chi connectivity index (χ3n) is 3.70. The van der Waals surface area contributed by atoms with E-state index in [0.29, 0.717) is 12.0 Å². The van der Waals surface area contributed by atoms with Gasteiger partial charge in [0.1, 0.15) is 0 Å². The van der Waals surface area contributed by atoms with Gasteiger partial charge in [-0.15, -0.1) is 0 Å². The number of hydrogen-bond donors (Lipinski definition) is 0. The van der Waals surface area contributed by atoms with Gasteiger partial charge in [-0.25, -0.2) is 0 Å². The number of amides is 1. The fourth-order valence-corrected chi connectivity index (χ4v) is 2.51. The summed E-state index contributed by atoms with van der Waals surface area (Å²) in [5.74, 6) is -0.0562. The number of ketones is 1. The zero-order valence-electron chi connectivity index (χ0n) is 11.5. The Morgan fingerprint density at radius 3 is 2.37 bits per heavy atom. The quantitative estimate of drug-likeness (QED) is 0.780. The molecule has 102 valence electrons. The van der Waals surface area contributed by atoms with Crippen LogP contribution in [0.4, 0.5) is 0 Å². The molecule has 0 bridgehead atoms. The van der Waals surface area contributed by atoms with Crippen LogP contribution in [0, 0.1) is 5.92 Å². The largest absolute Gasteiger partial charge is 0.343 e. The Morgan fingerprint density at radius 1 is 1.11 bits per heavy atom. The van der Waals surface area contributed by atoms with Crippen LogP contribution in [0.5, 0.6) is 0 Å². The Morgan fingerprint density at radius 2 is 1.74 bits per heavy atom. The first-order valence-electron chi connectivity index (χ1n) is 7.05. The van der Waals surface area contributed by atoms with Crippen LogP contribution in [0.2, 0.25) is 0 Å².